The molecule has 43 heavy (non-hydrogen) atoms. The largest absolute Gasteiger partial charge is 0.444 e. The van der Waals surface area contributed by atoms with Crippen molar-refractivity contribution in [2.24, 2.45) is 5.73 Å². The van der Waals surface area contributed by atoms with Crippen LogP contribution < -0.4 is 16.4 Å². The second kappa shape index (κ2) is 16.1. The van der Waals surface area contributed by atoms with Crippen molar-refractivity contribution >= 4 is 29.5 Å². The van der Waals surface area contributed by atoms with E-state index in [1.54, 1.807) is 25.7 Å². The van der Waals surface area contributed by atoms with Gasteiger partial charge in [0.05, 0.1) is 0 Å². The number of nitrogens with one attached hydrogen (secondary N) is 2. The van der Waals surface area contributed by atoms with Crippen LogP contribution in [0.15, 0.2) is 36.4 Å². The quantitative estimate of drug-likeness (QED) is 0.225. The van der Waals surface area contributed by atoms with Gasteiger partial charge in [-0.25, -0.2) is 4.79 Å². The molecule has 2 rings (SSSR count). The Kier molecular flexibility index (Phi) is 13.2. The van der Waals surface area contributed by atoms with Crippen molar-refractivity contribution < 1.29 is 23.9 Å². The van der Waals surface area contributed by atoms with Crippen LogP contribution in [0.1, 0.15) is 100 Å². The highest BCUT2D eigenvalue weighted by molar-refractivity contribution is 6.00. The molecule has 0 aromatic heterocycles. The van der Waals surface area contributed by atoms with Gasteiger partial charge in [-0.15, -0.1) is 0 Å². The lowest BCUT2D eigenvalue weighted by Crippen LogP contribution is -2.53. The Bertz CT molecular complexity index is 1260. The maximum atomic E-state index is 14.4. The summed E-state index contributed by atoms with van der Waals surface area (Å²) in [7, 11) is 0. The zero-order chi connectivity index (χ0) is 32.3. The minimum atomic E-state index is -1.13. The number of ether oxygens (including phenoxy) is 1. The number of primary amides is 1. The monoisotopic (exact) mass is 594 g/mol. The van der Waals surface area contributed by atoms with Gasteiger partial charge in [-0.3, -0.25) is 14.4 Å². The Morgan fingerprint density at radius 1 is 0.907 bits per heavy atom. The lowest BCUT2D eigenvalue weighted by Gasteiger charge is -2.35. The number of unbranched alkanes of at least 4 members (excludes halogenated alkanes) is 3. The second-order valence-electron chi connectivity index (χ2n) is 12.2. The minimum Gasteiger partial charge on any atom is -0.444 e. The molecule has 0 saturated heterocycles. The van der Waals surface area contributed by atoms with Gasteiger partial charge in [0.15, 0.2) is 0 Å². The first-order valence-corrected chi connectivity index (χ1v) is 15.2. The molecule has 0 saturated carbocycles. The van der Waals surface area contributed by atoms with Gasteiger partial charge in [0.2, 0.25) is 11.8 Å². The van der Waals surface area contributed by atoms with E-state index in [0.29, 0.717) is 17.7 Å². The van der Waals surface area contributed by atoms with E-state index >= 15 is 0 Å². The van der Waals surface area contributed by atoms with Gasteiger partial charge in [-0.2, -0.15) is 0 Å². The van der Waals surface area contributed by atoms with E-state index < -0.39 is 35.6 Å². The number of nitrogens with zero attached hydrogens (tertiary/aromatic N) is 1. The molecule has 2 aromatic carbocycles. The standard InChI is InChI=1S/C34H50N4O5/c1-9-10-11-12-21-38(32(41)27(19-20-28(35)39)36-33(42)43-34(6,7)8)30(26-18-14-15-22(2)25(26)5)31(40)37-29-23(3)16-13-17-24(29)4/h13-18,27,30H,9-12,19-21H2,1-8H3,(H2,35,39)(H,36,42)(H,37,40). The number of para-hydroxylation sites is 1. The summed E-state index contributed by atoms with van der Waals surface area (Å²) < 4.78 is 5.43. The van der Waals surface area contributed by atoms with Crippen molar-refractivity contribution in [2.45, 2.75) is 112 Å². The smallest absolute Gasteiger partial charge is 0.408 e. The number of hydrogen-bond donors (Lipinski definition) is 3. The zero-order valence-electron chi connectivity index (χ0n) is 27.1. The molecule has 0 bridgehead atoms. The maximum absolute atomic E-state index is 14.4. The van der Waals surface area contributed by atoms with E-state index in [0.717, 1.165) is 41.5 Å². The van der Waals surface area contributed by atoms with Crippen molar-refractivity contribution in [1.29, 1.82) is 0 Å². The van der Waals surface area contributed by atoms with E-state index in [2.05, 4.69) is 17.6 Å². The topological polar surface area (TPSA) is 131 Å². The Hall–Kier alpha value is -3.88. The molecule has 236 valence electrons. The number of carbonyl (C=O) groups is 4. The van der Waals surface area contributed by atoms with E-state index in [4.69, 9.17) is 10.5 Å². The molecular formula is C34H50N4O5. The molecule has 4 N–H and O–H groups in total. The van der Waals surface area contributed by atoms with Crippen LogP contribution >= 0.6 is 0 Å². The third-order valence-electron chi connectivity index (χ3n) is 7.43. The van der Waals surface area contributed by atoms with Crippen LogP contribution in [0.5, 0.6) is 0 Å². The Labute approximate surface area is 256 Å². The minimum absolute atomic E-state index is 0.0308. The summed E-state index contributed by atoms with van der Waals surface area (Å²) in [6, 6.07) is 9.36. The van der Waals surface area contributed by atoms with Crippen LogP contribution in [0.25, 0.3) is 0 Å². The van der Waals surface area contributed by atoms with Crippen LogP contribution in [0, 0.1) is 27.7 Å². The summed E-state index contributed by atoms with van der Waals surface area (Å²) in [4.78, 5) is 54.9. The molecule has 9 heteroatoms. The molecule has 0 spiro atoms. The molecule has 2 atom stereocenters. The summed E-state index contributed by atoms with van der Waals surface area (Å²) in [5.74, 6) is -1.44. The number of alkyl carbamates (subject to hydrolysis) is 1. The lowest BCUT2D eigenvalue weighted by molar-refractivity contribution is -0.141. The third-order valence-corrected chi connectivity index (χ3v) is 7.43. The number of nitrogens with two attached hydrogens (primary N) is 1. The van der Waals surface area contributed by atoms with Gasteiger partial charge in [0.1, 0.15) is 17.7 Å². The van der Waals surface area contributed by atoms with Gasteiger partial charge in [0, 0.05) is 18.7 Å². The van der Waals surface area contributed by atoms with Crippen molar-refractivity contribution in [3.8, 4) is 0 Å². The normalized spacial score (nSPS) is 12.7. The van der Waals surface area contributed by atoms with Gasteiger partial charge in [-0.1, -0.05) is 62.6 Å². The number of hydrogen-bond acceptors (Lipinski definition) is 5. The molecule has 2 aromatic rings. The number of rotatable bonds is 14. The van der Waals surface area contributed by atoms with Crippen molar-refractivity contribution in [2.75, 3.05) is 11.9 Å². The molecule has 0 aliphatic carbocycles. The molecule has 4 amide bonds. The lowest BCUT2D eigenvalue weighted by atomic mass is 9.94. The number of benzene rings is 2. The Morgan fingerprint density at radius 2 is 1.51 bits per heavy atom. The summed E-state index contributed by atoms with van der Waals surface area (Å²) in [6.45, 7) is 15.3. The molecular weight excluding hydrogens is 544 g/mol. The Morgan fingerprint density at radius 3 is 2.09 bits per heavy atom. The van der Waals surface area contributed by atoms with Crippen LogP contribution in [-0.2, 0) is 19.1 Å². The highest BCUT2D eigenvalue weighted by atomic mass is 16.6. The molecule has 2 unspecified atom stereocenters. The van der Waals surface area contributed by atoms with Crippen LogP contribution in [0.4, 0.5) is 10.5 Å². The molecule has 0 aliphatic heterocycles. The fourth-order valence-corrected chi connectivity index (χ4v) is 4.99. The predicted molar refractivity (Wildman–Crippen MR) is 171 cm³/mol. The molecule has 0 radical (unpaired) electrons. The predicted octanol–water partition coefficient (Wildman–Crippen LogP) is 6.17. The number of carbonyl (C=O) groups excluding carboxylic acids is 4. The first kappa shape index (κ1) is 35.3. The van der Waals surface area contributed by atoms with E-state index in [-0.39, 0.29) is 25.3 Å². The SMILES string of the molecule is CCCCCCN(C(=O)C(CCC(N)=O)NC(=O)OC(C)(C)C)C(C(=O)Nc1c(C)cccc1C)c1cccc(C)c1C. The Balaban J connectivity index is 2.65. The first-order chi connectivity index (χ1) is 20.2. The second-order valence-corrected chi connectivity index (χ2v) is 12.2. The van der Waals surface area contributed by atoms with Crippen molar-refractivity contribution in [1.82, 2.24) is 10.2 Å². The van der Waals surface area contributed by atoms with Crippen molar-refractivity contribution in [3.63, 3.8) is 0 Å². The zero-order valence-corrected chi connectivity index (χ0v) is 27.1. The highest BCUT2D eigenvalue weighted by Crippen LogP contribution is 2.30. The number of amides is 4. The number of aryl methyl sites for hydroxylation is 3. The molecule has 0 aliphatic rings. The van der Waals surface area contributed by atoms with Gasteiger partial charge in [-0.05, 0) is 89.1 Å². The average Bonchev–Trinajstić information content (AvgIpc) is 2.91. The van der Waals surface area contributed by atoms with Gasteiger partial charge in [0.25, 0.3) is 5.91 Å². The average molecular weight is 595 g/mol. The van der Waals surface area contributed by atoms with E-state index in [1.165, 1.54) is 0 Å². The van der Waals surface area contributed by atoms with Gasteiger partial charge < -0.3 is 26.0 Å². The summed E-state index contributed by atoms with van der Waals surface area (Å²) >= 11 is 0. The first-order valence-electron chi connectivity index (χ1n) is 15.2. The maximum Gasteiger partial charge on any atom is 0.408 e. The highest BCUT2D eigenvalue weighted by Gasteiger charge is 2.37. The fraction of sp³-hybridized carbons (Fsp3) is 0.529. The van der Waals surface area contributed by atoms with Crippen LogP contribution in [0.2, 0.25) is 0 Å². The van der Waals surface area contributed by atoms with Crippen molar-refractivity contribution in [3.05, 3.63) is 64.2 Å². The van der Waals surface area contributed by atoms with E-state index in [9.17, 15) is 19.2 Å². The molecule has 0 heterocycles. The number of anilines is 1. The van der Waals surface area contributed by atoms with Crippen LogP contribution in [-0.4, -0.2) is 46.9 Å². The fourth-order valence-electron chi connectivity index (χ4n) is 4.99. The van der Waals surface area contributed by atoms with Gasteiger partial charge >= 0.3 is 6.09 Å². The summed E-state index contributed by atoms with van der Waals surface area (Å²) in [5, 5.41) is 5.76. The van der Waals surface area contributed by atoms with Crippen LogP contribution in [0.3, 0.4) is 0 Å². The summed E-state index contributed by atoms with van der Waals surface area (Å²) in [6.07, 6.45) is 2.56. The molecule has 9 nitrogen and oxygen atoms in total. The molecule has 0 fully saturated rings. The van der Waals surface area contributed by atoms with E-state index in [1.807, 2.05) is 64.1 Å². The third kappa shape index (κ3) is 10.7. The summed E-state index contributed by atoms with van der Waals surface area (Å²) in [5.41, 5.74) is 9.71.